The van der Waals surface area contributed by atoms with Crippen LogP contribution in [0.4, 0.5) is 0 Å². The highest BCUT2D eigenvalue weighted by Crippen LogP contribution is 2.23. The van der Waals surface area contributed by atoms with Gasteiger partial charge in [0.05, 0.1) is 5.60 Å². The van der Waals surface area contributed by atoms with Gasteiger partial charge in [-0.15, -0.1) is 0 Å². The first-order valence-corrected chi connectivity index (χ1v) is 5.45. The maximum atomic E-state index is 5.48. The van der Waals surface area contributed by atoms with Gasteiger partial charge in [-0.05, 0) is 44.4 Å². The first-order valence-electron chi connectivity index (χ1n) is 5.45. The van der Waals surface area contributed by atoms with Crippen LogP contribution in [0.1, 0.15) is 31.4 Å². The number of ether oxygens (including phenoxy) is 1. The van der Waals surface area contributed by atoms with Gasteiger partial charge in [-0.2, -0.15) is 0 Å². The monoisotopic (exact) mass is 207 g/mol. The topological polar surface area (TPSA) is 35.2 Å². The summed E-state index contributed by atoms with van der Waals surface area (Å²) in [5, 5.41) is 0. The molecule has 0 saturated heterocycles. The van der Waals surface area contributed by atoms with Crippen molar-refractivity contribution >= 4 is 0 Å². The van der Waals surface area contributed by atoms with E-state index in [-0.39, 0.29) is 5.60 Å². The predicted molar refractivity (Wildman–Crippen MR) is 63.9 cm³/mol. The van der Waals surface area contributed by atoms with Crippen molar-refractivity contribution in [2.45, 2.75) is 32.3 Å². The number of aryl methyl sites for hydroxylation is 1. The molecule has 0 bridgehead atoms. The van der Waals surface area contributed by atoms with Gasteiger partial charge >= 0.3 is 0 Å². The van der Waals surface area contributed by atoms with Gasteiger partial charge in [0.25, 0.3) is 0 Å². The number of hydrogen-bond donors (Lipinski definition) is 1. The van der Waals surface area contributed by atoms with E-state index in [1.54, 1.807) is 7.11 Å². The molecule has 84 valence electrons. The third kappa shape index (κ3) is 3.33. The molecule has 1 aromatic carbocycles. The number of benzene rings is 1. The van der Waals surface area contributed by atoms with Crippen molar-refractivity contribution in [3.8, 4) is 0 Å². The Hall–Kier alpha value is -0.860. The van der Waals surface area contributed by atoms with E-state index in [1.807, 2.05) is 0 Å². The standard InChI is InChI=1S/C13H21NO/c1-13(2,15-3)12-8-6-11(7-9-12)5-4-10-14/h6-9H,4-5,10,14H2,1-3H3. The van der Waals surface area contributed by atoms with Crippen molar-refractivity contribution < 1.29 is 4.74 Å². The third-order valence-corrected chi connectivity index (χ3v) is 2.83. The van der Waals surface area contributed by atoms with E-state index in [2.05, 4.69) is 38.1 Å². The molecule has 0 amide bonds. The molecule has 2 N–H and O–H groups in total. The average molecular weight is 207 g/mol. The molecular formula is C13H21NO. The van der Waals surface area contributed by atoms with Crippen molar-refractivity contribution in [1.82, 2.24) is 0 Å². The zero-order chi connectivity index (χ0) is 11.3. The van der Waals surface area contributed by atoms with Gasteiger partial charge in [0.1, 0.15) is 0 Å². The van der Waals surface area contributed by atoms with Gasteiger partial charge in [0, 0.05) is 7.11 Å². The Morgan fingerprint density at radius 2 is 1.80 bits per heavy atom. The van der Waals surface area contributed by atoms with Gasteiger partial charge < -0.3 is 10.5 Å². The first-order chi connectivity index (χ1) is 7.10. The lowest BCUT2D eigenvalue weighted by Crippen LogP contribution is -2.19. The van der Waals surface area contributed by atoms with E-state index in [0.717, 1.165) is 19.4 Å². The zero-order valence-electron chi connectivity index (χ0n) is 9.92. The molecule has 0 radical (unpaired) electrons. The van der Waals surface area contributed by atoms with Gasteiger partial charge in [-0.25, -0.2) is 0 Å². The summed E-state index contributed by atoms with van der Waals surface area (Å²) in [5.41, 5.74) is 7.83. The molecule has 0 spiro atoms. The fraction of sp³-hybridized carbons (Fsp3) is 0.538. The molecule has 1 aromatic rings. The minimum atomic E-state index is -0.202. The molecule has 0 heterocycles. The van der Waals surface area contributed by atoms with E-state index in [0.29, 0.717) is 0 Å². The Balaban J connectivity index is 2.72. The van der Waals surface area contributed by atoms with Gasteiger partial charge in [-0.1, -0.05) is 24.3 Å². The molecule has 15 heavy (non-hydrogen) atoms. The van der Waals surface area contributed by atoms with E-state index >= 15 is 0 Å². The summed E-state index contributed by atoms with van der Waals surface area (Å²) in [6, 6.07) is 8.59. The quantitative estimate of drug-likeness (QED) is 0.805. The molecule has 0 aliphatic rings. The van der Waals surface area contributed by atoms with Gasteiger partial charge in [-0.3, -0.25) is 0 Å². The third-order valence-electron chi connectivity index (χ3n) is 2.83. The van der Waals surface area contributed by atoms with Gasteiger partial charge in [0.2, 0.25) is 0 Å². The normalized spacial score (nSPS) is 11.7. The molecule has 2 nitrogen and oxygen atoms in total. The zero-order valence-corrected chi connectivity index (χ0v) is 9.92. The molecule has 0 aliphatic carbocycles. The Kier molecular flexibility index (Phi) is 4.30. The molecule has 2 heteroatoms. The molecule has 0 atom stereocenters. The lowest BCUT2D eigenvalue weighted by Gasteiger charge is -2.23. The van der Waals surface area contributed by atoms with Crippen LogP contribution in [0.5, 0.6) is 0 Å². The van der Waals surface area contributed by atoms with Crippen LogP contribution in [0.3, 0.4) is 0 Å². The van der Waals surface area contributed by atoms with Crippen LogP contribution in [-0.4, -0.2) is 13.7 Å². The smallest absolute Gasteiger partial charge is 0.0871 e. The van der Waals surface area contributed by atoms with Crippen molar-refractivity contribution in [1.29, 1.82) is 0 Å². The second-order valence-electron chi connectivity index (χ2n) is 4.30. The van der Waals surface area contributed by atoms with Crippen LogP contribution in [0.2, 0.25) is 0 Å². The number of hydrogen-bond acceptors (Lipinski definition) is 2. The van der Waals surface area contributed by atoms with Crippen LogP contribution in [0, 0.1) is 0 Å². The number of methoxy groups -OCH3 is 1. The fourth-order valence-electron chi connectivity index (χ4n) is 1.50. The Morgan fingerprint density at radius 1 is 1.20 bits per heavy atom. The van der Waals surface area contributed by atoms with Crippen LogP contribution in [0.15, 0.2) is 24.3 Å². The highest BCUT2D eigenvalue weighted by molar-refractivity contribution is 5.26. The van der Waals surface area contributed by atoms with Crippen molar-refractivity contribution in [2.24, 2.45) is 5.73 Å². The van der Waals surface area contributed by atoms with Gasteiger partial charge in [0.15, 0.2) is 0 Å². The Morgan fingerprint density at radius 3 is 2.27 bits per heavy atom. The van der Waals surface area contributed by atoms with Crippen molar-refractivity contribution in [2.75, 3.05) is 13.7 Å². The molecule has 0 aromatic heterocycles. The second kappa shape index (κ2) is 5.29. The lowest BCUT2D eigenvalue weighted by atomic mass is 9.96. The van der Waals surface area contributed by atoms with Crippen LogP contribution < -0.4 is 5.73 Å². The number of nitrogens with two attached hydrogens (primary N) is 1. The summed E-state index contributed by atoms with van der Waals surface area (Å²) in [5.74, 6) is 0. The maximum Gasteiger partial charge on any atom is 0.0871 e. The minimum Gasteiger partial charge on any atom is -0.374 e. The number of rotatable bonds is 5. The predicted octanol–water partition coefficient (Wildman–Crippen LogP) is 2.46. The maximum absolute atomic E-state index is 5.48. The van der Waals surface area contributed by atoms with Crippen molar-refractivity contribution in [3.63, 3.8) is 0 Å². The molecular weight excluding hydrogens is 186 g/mol. The fourth-order valence-corrected chi connectivity index (χ4v) is 1.50. The van der Waals surface area contributed by atoms with E-state index in [9.17, 15) is 0 Å². The van der Waals surface area contributed by atoms with Crippen molar-refractivity contribution in [3.05, 3.63) is 35.4 Å². The average Bonchev–Trinajstić information content (AvgIpc) is 2.27. The van der Waals surface area contributed by atoms with E-state index in [4.69, 9.17) is 10.5 Å². The summed E-state index contributed by atoms with van der Waals surface area (Å²) in [6.45, 7) is 4.90. The summed E-state index contributed by atoms with van der Waals surface area (Å²) in [4.78, 5) is 0. The summed E-state index contributed by atoms with van der Waals surface area (Å²) in [6.07, 6.45) is 2.11. The highest BCUT2D eigenvalue weighted by atomic mass is 16.5. The lowest BCUT2D eigenvalue weighted by molar-refractivity contribution is 0.0192. The molecule has 1 rings (SSSR count). The second-order valence-corrected chi connectivity index (χ2v) is 4.30. The molecule has 0 saturated carbocycles. The molecule has 0 aliphatic heterocycles. The van der Waals surface area contributed by atoms with E-state index < -0.39 is 0 Å². The van der Waals surface area contributed by atoms with Crippen LogP contribution >= 0.6 is 0 Å². The summed E-state index contributed by atoms with van der Waals surface area (Å²) in [7, 11) is 1.74. The van der Waals surface area contributed by atoms with E-state index in [1.165, 1.54) is 11.1 Å². The highest BCUT2D eigenvalue weighted by Gasteiger charge is 2.18. The Bertz CT molecular complexity index is 290. The summed E-state index contributed by atoms with van der Waals surface area (Å²) >= 11 is 0. The molecule has 0 unspecified atom stereocenters. The largest absolute Gasteiger partial charge is 0.374 e. The first kappa shape index (κ1) is 12.2. The SMILES string of the molecule is COC(C)(C)c1ccc(CCCN)cc1. The van der Waals surface area contributed by atoms with Crippen LogP contribution in [-0.2, 0) is 16.8 Å². The summed E-state index contributed by atoms with van der Waals surface area (Å²) < 4.78 is 5.42. The van der Waals surface area contributed by atoms with Crippen LogP contribution in [0.25, 0.3) is 0 Å². The molecule has 0 fully saturated rings. The minimum absolute atomic E-state index is 0.202. The Labute approximate surface area is 92.4 Å².